The van der Waals surface area contributed by atoms with Crippen LogP contribution >= 0.6 is 23.2 Å². The predicted molar refractivity (Wildman–Crippen MR) is 93.1 cm³/mol. The number of amides is 1. The quantitative estimate of drug-likeness (QED) is 0.687. The second kappa shape index (κ2) is 8.09. The van der Waals surface area contributed by atoms with E-state index in [1.165, 1.54) is 12.1 Å². The number of phenolic OH excluding ortho intramolecular Hbond substituents is 2. The molecule has 0 aliphatic rings. The average molecular weight is 384 g/mol. The van der Waals surface area contributed by atoms with E-state index in [-0.39, 0.29) is 17.4 Å². The van der Waals surface area contributed by atoms with E-state index in [0.717, 1.165) is 11.6 Å². The van der Waals surface area contributed by atoms with Crippen molar-refractivity contribution in [2.45, 2.75) is 13.0 Å². The Morgan fingerprint density at radius 1 is 1.12 bits per heavy atom. The molecule has 0 radical (unpaired) electrons. The number of benzene rings is 2. The van der Waals surface area contributed by atoms with Crippen LogP contribution in [-0.4, -0.2) is 28.7 Å². The highest BCUT2D eigenvalue weighted by Crippen LogP contribution is 2.25. The molecule has 1 amide bonds. The van der Waals surface area contributed by atoms with Gasteiger partial charge in [-0.3, -0.25) is 4.79 Å². The fourth-order valence-electron chi connectivity index (χ4n) is 2.05. The summed E-state index contributed by atoms with van der Waals surface area (Å²) >= 11 is 11.8. The van der Waals surface area contributed by atoms with Gasteiger partial charge in [0.1, 0.15) is 17.1 Å². The van der Waals surface area contributed by atoms with Gasteiger partial charge in [0.2, 0.25) is 0 Å². The van der Waals surface area contributed by atoms with E-state index >= 15 is 0 Å². The zero-order chi connectivity index (χ0) is 18.6. The van der Waals surface area contributed by atoms with Crippen molar-refractivity contribution in [3.05, 3.63) is 57.6 Å². The molecular formula is C17H15Cl2NO5. The van der Waals surface area contributed by atoms with Crippen LogP contribution in [0.4, 0.5) is 0 Å². The molecule has 0 saturated heterocycles. The standard InChI is InChI=1S/C17H15Cl2NO5/c1-9(10-2-5-13(18)14(19)6-10)20-16(23)8-25-17(24)12-4-3-11(21)7-15(12)22/h2-7,9,21-22H,8H2,1H3,(H,20,23)/t9-/m1/s1. The Morgan fingerprint density at radius 3 is 2.48 bits per heavy atom. The normalized spacial score (nSPS) is 11.6. The number of rotatable bonds is 5. The van der Waals surface area contributed by atoms with Crippen molar-refractivity contribution in [1.82, 2.24) is 5.32 Å². The summed E-state index contributed by atoms with van der Waals surface area (Å²) in [5, 5.41) is 22.2. The van der Waals surface area contributed by atoms with E-state index in [0.29, 0.717) is 10.0 Å². The van der Waals surface area contributed by atoms with Crippen molar-refractivity contribution < 1.29 is 24.5 Å². The molecule has 0 saturated carbocycles. The Kier molecular flexibility index (Phi) is 6.12. The van der Waals surface area contributed by atoms with Crippen LogP contribution in [0, 0.1) is 0 Å². The van der Waals surface area contributed by atoms with Gasteiger partial charge in [-0.2, -0.15) is 0 Å². The lowest BCUT2D eigenvalue weighted by Crippen LogP contribution is -2.31. The monoisotopic (exact) mass is 383 g/mol. The van der Waals surface area contributed by atoms with Crippen molar-refractivity contribution >= 4 is 35.1 Å². The number of phenols is 2. The smallest absolute Gasteiger partial charge is 0.342 e. The van der Waals surface area contributed by atoms with E-state index in [1.807, 2.05) is 0 Å². The Bertz CT molecular complexity index is 810. The summed E-state index contributed by atoms with van der Waals surface area (Å²) < 4.78 is 4.85. The van der Waals surface area contributed by atoms with Gasteiger partial charge in [-0.25, -0.2) is 4.79 Å². The lowest BCUT2D eigenvalue weighted by Gasteiger charge is -2.15. The molecular weight excluding hydrogens is 369 g/mol. The van der Waals surface area contributed by atoms with Crippen LogP contribution in [0.3, 0.4) is 0 Å². The van der Waals surface area contributed by atoms with Crippen LogP contribution < -0.4 is 5.32 Å². The highest BCUT2D eigenvalue weighted by atomic mass is 35.5. The number of carbonyl (C=O) groups is 2. The topological polar surface area (TPSA) is 95.9 Å². The minimum absolute atomic E-state index is 0.150. The molecule has 2 rings (SSSR count). The fourth-order valence-corrected chi connectivity index (χ4v) is 2.36. The predicted octanol–water partition coefficient (Wildman–Crippen LogP) is 3.44. The second-order valence-electron chi connectivity index (χ2n) is 5.24. The van der Waals surface area contributed by atoms with Crippen LogP contribution in [0.15, 0.2) is 36.4 Å². The molecule has 0 fully saturated rings. The maximum absolute atomic E-state index is 11.9. The summed E-state index contributed by atoms with van der Waals surface area (Å²) in [6, 6.07) is 8.03. The van der Waals surface area contributed by atoms with Gasteiger partial charge in [0.15, 0.2) is 6.61 Å². The highest BCUT2D eigenvalue weighted by Gasteiger charge is 2.16. The third-order valence-electron chi connectivity index (χ3n) is 3.36. The molecule has 2 aromatic rings. The fraction of sp³-hybridized carbons (Fsp3) is 0.176. The number of hydrogen-bond donors (Lipinski definition) is 3. The van der Waals surface area contributed by atoms with Crippen LogP contribution in [0.5, 0.6) is 11.5 Å². The summed E-state index contributed by atoms with van der Waals surface area (Å²) in [6.45, 7) is 1.22. The lowest BCUT2D eigenvalue weighted by atomic mass is 10.1. The van der Waals surface area contributed by atoms with Gasteiger partial charge in [0.25, 0.3) is 5.91 Å². The van der Waals surface area contributed by atoms with Crippen molar-refractivity contribution in [2.75, 3.05) is 6.61 Å². The van der Waals surface area contributed by atoms with E-state index in [9.17, 15) is 19.8 Å². The van der Waals surface area contributed by atoms with E-state index in [2.05, 4.69) is 5.32 Å². The molecule has 0 heterocycles. The first-order chi connectivity index (χ1) is 11.8. The molecule has 3 N–H and O–H groups in total. The number of aromatic hydroxyl groups is 2. The lowest BCUT2D eigenvalue weighted by molar-refractivity contribution is -0.124. The molecule has 132 valence electrons. The first-order valence-corrected chi connectivity index (χ1v) is 7.97. The van der Waals surface area contributed by atoms with Gasteiger partial charge < -0.3 is 20.3 Å². The Labute approximate surface area is 153 Å². The number of hydrogen-bond acceptors (Lipinski definition) is 5. The highest BCUT2D eigenvalue weighted by molar-refractivity contribution is 6.42. The third kappa shape index (κ3) is 5.01. The van der Waals surface area contributed by atoms with Crippen molar-refractivity contribution in [1.29, 1.82) is 0 Å². The zero-order valence-corrected chi connectivity index (χ0v) is 14.6. The molecule has 2 aromatic carbocycles. The number of esters is 1. The molecule has 0 bridgehead atoms. The van der Waals surface area contributed by atoms with E-state index in [4.69, 9.17) is 27.9 Å². The Hall–Kier alpha value is -2.44. The van der Waals surface area contributed by atoms with Crippen molar-refractivity contribution in [3.8, 4) is 11.5 Å². The maximum atomic E-state index is 11.9. The number of ether oxygens (including phenoxy) is 1. The number of nitrogens with one attached hydrogen (secondary N) is 1. The largest absolute Gasteiger partial charge is 0.508 e. The van der Waals surface area contributed by atoms with Crippen molar-refractivity contribution in [2.24, 2.45) is 0 Å². The van der Waals surface area contributed by atoms with E-state index in [1.54, 1.807) is 25.1 Å². The molecule has 6 nitrogen and oxygen atoms in total. The van der Waals surface area contributed by atoms with Crippen molar-refractivity contribution in [3.63, 3.8) is 0 Å². The van der Waals surface area contributed by atoms with Gasteiger partial charge in [0, 0.05) is 6.07 Å². The molecule has 0 aliphatic carbocycles. The molecule has 25 heavy (non-hydrogen) atoms. The summed E-state index contributed by atoms with van der Waals surface area (Å²) in [6.07, 6.45) is 0. The summed E-state index contributed by atoms with van der Waals surface area (Å²) in [4.78, 5) is 23.7. The van der Waals surface area contributed by atoms with Gasteiger partial charge in [-0.05, 0) is 36.8 Å². The molecule has 0 unspecified atom stereocenters. The first-order valence-electron chi connectivity index (χ1n) is 7.21. The summed E-state index contributed by atoms with van der Waals surface area (Å²) in [5.41, 5.74) is 0.591. The van der Waals surface area contributed by atoms with E-state index < -0.39 is 24.2 Å². The average Bonchev–Trinajstić information content (AvgIpc) is 2.55. The third-order valence-corrected chi connectivity index (χ3v) is 4.10. The van der Waals surface area contributed by atoms with Gasteiger partial charge >= 0.3 is 5.97 Å². The maximum Gasteiger partial charge on any atom is 0.342 e. The molecule has 8 heteroatoms. The molecule has 0 aromatic heterocycles. The minimum Gasteiger partial charge on any atom is -0.508 e. The zero-order valence-electron chi connectivity index (χ0n) is 13.1. The van der Waals surface area contributed by atoms with Crippen LogP contribution in [-0.2, 0) is 9.53 Å². The Morgan fingerprint density at radius 2 is 1.84 bits per heavy atom. The van der Waals surface area contributed by atoms with Crippen LogP contribution in [0.1, 0.15) is 28.9 Å². The molecule has 1 atom stereocenters. The van der Waals surface area contributed by atoms with Crippen LogP contribution in [0.25, 0.3) is 0 Å². The second-order valence-corrected chi connectivity index (χ2v) is 6.05. The molecule has 0 spiro atoms. The Balaban J connectivity index is 1.91. The summed E-state index contributed by atoms with van der Waals surface area (Å²) in [5.74, 6) is -2.03. The minimum atomic E-state index is -0.880. The number of halogens is 2. The number of carbonyl (C=O) groups excluding carboxylic acids is 2. The van der Waals surface area contributed by atoms with Gasteiger partial charge in [0.05, 0.1) is 16.1 Å². The SMILES string of the molecule is C[C@@H](NC(=O)COC(=O)c1ccc(O)cc1O)c1ccc(Cl)c(Cl)c1. The van der Waals surface area contributed by atoms with Gasteiger partial charge in [-0.1, -0.05) is 29.3 Å². The summed E-state index contributed by atoms with van der Waals surface area (Å²) in [7, 11) is 0. The molecule has 0 aliphatic heterocycles. The van der Waals surface area contributed by atoms with Gasteiger partial charge in [-0.15, -0.1) is 0 Å². The van der Waals surface area contributed by atoms with Crippen LogP contribution in [0.2, 0.25) is 10.0 Å². The first kappa shape index (κ1) is 18.9.